The van der Waals surface area contributed by atoms with Gasteiger partial charge in [0.25, 0.3) is 0 Å². The van der Waals surface area contributed by atoms with Crippen molar-refractivity contribution in [1.29, 1.82) is 0 Å². The Morgan fingerprint density at radius 2 is 2.38 bits per heavy atom. The molecule has 0 saturated carbocycles. The molecule has 48 valence electrons. The average molecular weight is 116 g/mol. The summed E-state index contributed by atoms with van der Waals surface area (Å²) in [6, 6.07) is 0. The van der Waals surface area contributed by atoms with Gasteiger partial charge in [-0.05, 0) is 25.8 Å². The molecule has 0 radical (unpaired) electrons. The van der Waals surface area contributed by atoms with Crippen molar-refractivity contribution in [2.75, 3.05) is 6.54 Å². The lowest BCUT2D eigenvalue weighted by atomic mass is 10.1. The molecule has 0 aromatic carbocycles. The quantitative estimate of drug-likeness (QED) is 0.473. The van der Waals surface area contributed by atoms with E-state index in [0.717, 1.165) is 13.0 Å². The van der Waals surface area contributed by atoms with E-state index in [4.69, 9.17) is 5.90 Å². The minimum atomic E-state index is 0.115. The molecule has 0 aromatic rings. The van der Waals surface area contributed by atoms with E-state index in [1.54, 1.807) is 0 Å². The lowest BCUT2D eigenvalue weighted by molar-refractivity contribution is 0.0115. The Labute approximate surface area is 49.2 Å². The zero-order valence-electron chi connectivity index (χ0n) is 4.89. The van der Waals surface area contributed by atoms with Gasteiger partial charge < -0.3 is 0 Å². The first kappa shape index (κ1) is 6.01. The standard InChI is InChI=1S/C5H12N2O/c6-8-5-3-1-2-4-7-5/h5,7H,1-4,6H2. The molecule has 1 unspecified atom stereocenters. The highest BCUT2D eigenvalue weighted by atomic mass is 16.6. The van der Waals surface area contributed by atoms with Gasteiger partial charge in [-0.3, -0.25) is 10.2 Å². The molecule has 8 heavy (non-hydrogen) atoms. The molecule has 1 saturated heterocycles. The first-order chi connectivity index (χ1) is 3.93. The van der Waals surface area contributed by atoms with Gasteiger partial charge in [0.05, 0.1) is 0 Å². The maximum Gasteiger partial charge on any atom is 0.129 e. The van der Waals surface area contributed by atoms with Crippen LogP contribution in [0.4, 0.5) is 0 Å². The number of nitrogens with two attached hydrogens (primary N) is 1. The minimum Gasteiger partial charge on any atom is -0.290 e. The number of piperidine rings is 1. The van der Waals surface area contributed by atoms with Crippen LogP contribution in [0.15, 0.2) is 0 Å². The normalized spacial score (nSPS) is 30.4. The van der Waals surface area contributed by atoms with Gasteiger partial charge in [0.15, 0.2) is 0 Å². The van der Waals surface area contributed by atoms with E-state index in [1.165, 1.54) is 12.8 Å². The predicted molar refractivity (Wildman–Crippen MR) is 30.9 cm³/mol. The maximum absolute atomic E-state index is 4.94. The second-order valence-electron chi connectivity index (χ2n) is 2.07. The van der Waals surface area contributed by atoms with E-state index in [1.807, 2.05) is 0 Å². The topological polar surface area (TPSA) is 47.3 Å². The van der Waals surface area contributed by atoms with Gasteiger partial charge in [-0.2, -0.15) is 0 Å². The molecule has 1 fully saturated rings. The van der Waals surface area contributed by atoms with Crippen molar-refractivity contribution >= 4 is 0 Å². The zero-order chi connectivity index (χ0) is 5.82. The summed E-state index contributed by atoms with van der Waals surface area (Å²) >= 11 is 0. The molecule has 0 bridgehead atoms. The second-order valence-corrected chi connectivity index (χ2v) is 2.07. The van der Waals surface area contributed by atoms with Crippen LogP contribution in [0.25, 0.3) is 0 Å². The van der Waals surface area contributed by atoms with Crippen molar-refractivity contribution in [3.63, 3.8) is 0 Å². The van der Waals surface area contributed by atoms with Crippen molar-refractivity contribution in [1.82, 2.24) is 5.32 Å². The van der Waals surface area contributed by atoms with E-state index in [0.29, 0.717) is 0 Å². The summed E-state index contributed by atoms with van der Waals surface area (Å²) in [6.45, 7) is 1.04. The molecule has 1 aliphatic heterocycles. The molecule has 1 rings (SSSR count). The van der Waals surface area contributed by atoms with Crippen molar-refractivity contribution in [3.05, 3.63) is 0 Å². The Morgan fingerprint density at radius 1 is 1.50 bits per heavy atom. The fourth-order valence-electron chi connectivity index (χ4n) is 0.936. The third-order valence-electron chi connectivity index (χ3n) is 1.43. The van der Waals surface area contributed by atoms with Gasteiger partial charge >= 0.3 is 0 Å². The summed E-state index contributed by atoms with van der Waals surface area (Å²) in [5.41, 5.74) is 0. The largest absolute Gasteiger partial charge is 0.290 e. The Balaban J connectivity index is 2.13. The smallest absolute Gasteiger partial charge is 0.129 e. The molecule has 1 heterocycles. The first-order valence-electron chi connectivity index (χ1n) is 3.02. The minimum absolute atomic E-state index is 0.115. The summed E-state index contributed by atoms with van der Waals surface area (Å²) in [5, 5.41) is 3.12. The van der Waals surface area contributed by atoms with Crippen molar-refractivity contribution in [2.45, 2.75) is 25.5 Å². The van der Waals surface area contributed by atoms with E-state index in [2.05, 4.69) is 10.2 Å². The Bertz CT molecular complexity index is 61.4. The second kappa shape index (κ2) is 3.02. The van der Waals surface area contributed by atoms with Crippen LogP contribution in [0, 0.1) is 0 Å². The van der Waals surface area contributed by atoms with Crippen LogP contribution >= 0.6 is 0 Å². The molecule has 3 heteroatoms. The summed E-state index contributed by atoms with van der Waals surface area (Å²) in [4.78, 5) is 4.58. The summed E-state index contributed by atoms with van der Waals surface area (Å²) in [7, 11) is 0. The molecular formula is C5H12N2O. The SMILES string of the molecule is NOC1CCCCN1. The third-order valence-corrected chi connectivity index (χ3v) is 1.43. The van der Waals surface area contributed by atoms with E-state index >= 15 is 0 Å². The highest BCUT2D eigenvalue weighted by molar-refractivity contribution is 4.61. The van der Waals surface area contributed by atoms with Gasteiger partial charge in [0.1, 0.15) is 6.23 Å². The van der Waals surface area contributed by atoms with Gasteiger partial charge in [-0.25, -0.2) is 5.90 Å². The highest BCUT2D eigenvalue weighted by Crippen LogP contribution is 2.05. The first-order valence-corrected chi connectivity index (χ1v) is 3.02. The highest BCUT2D eigenvalue weighted by Gasteiger charge is 2.09. The molecular weight excluding hydrogens is 104 g/mol. The fourth-order valence-corrected chi connectivity index (χ4v) is 0.936. The molecule has 3 N–H and O–H groups in total. The van der Waals surface area contributed by atoms with Crippen LogP contribution in [-0.4, -0.2) is 12.8 Å². The molecule has 0 aliphatic carbocycles. The number of rotatable bonds is 1. The molecule has 0 amide bonds. The Hall–Kier alpha value is -0.120. The van der Waals surface area contributed by atoms with E-state index in [9.17, 15) is 0 Å². The van der Waals surface area contributed by atoms with Crippen LogP contribution in [-0.2, 0) is 4.84 Å². The monoisotopic (exact) mass is 116 g/mol. The Morgan fingerprint density at radius 3 is 2.75 bits per heavy atom. The van der Waals surface area contributed by atoms with Gasteiger partial charge in [0, 0.05) is 0 Å². The number of hydrogen-bond donors (Lipinski definition) is 2. The maximum atomic E-state index is 4.94. The molecule has 1 atom stereocenters. The molecule has 0 spiro atoms. The van der Waals surface area contributed by atoms with Crippen LogP contribution in [0.3, 0.4) is 0 Å². The molecule has 1 aliphatic rings. The lowest BCUT2D eigenvalue weighted by Gasteiger charge is -2.20. The summed E-state index contributed by atoms with van der Waals surface area (Å²) in [6.07, 6.45) is 3.65. The molecule has 0 aromatic heterocycles. The third kappa shape index (κ3) is 1.43. The summed E-state index contributed by atoms with van der Waals surface area (Å²) < 4.78 is 0. The molecule has 3 nitrogen and oxygen atoms in total. The van der Waals surface area contributed by atoms with Gasteiger partial charge in [-0.15, -0.1) is 0 Å². The van der Waals surface area contributed by atoms with E-state index in [-0.39, 0.29) is 6.23 Å². The van der Waals surface area contributed by atoms with Crippen molar-refractivity contribution in [2.24, 2.45) is 5.90 Å². The predicted octanol–water partition coefficient (Wildman–Crippen LogP) is -0.0237. The summed E-state index contributed by atoms with van der Waals surface area (Å²) in [5.74, 6) is 4.94. The van der Waals surface area contributed by atoms with E-state index < -0.39 is 0 Å². The van der Waals surface area contributed by atoms with Crippen LogP contribution in [0.5, 0.6) is 0 Å². The van der Waals surface area contributed by atoms with Gasteiger partial charge in [-0.1, -0.05) is 0 Å². The Kier molecular flexibility index (Phi) is 2.27. The average Bonchev–Trinajstić information content (AvgIpc) is 1.90. The lowest BCUT2D eigenvalue weighted by Crippen LogP contribution is -2.37. The van der Waals surface area contributed by atoms with Gasteiger partial charge in [0.2, 0.25) is 0 Å². The zero-order valence-corrected chi connectivity index (χ0v) is 4.89. The van der Waals surface area contributed by atoms with Crippen LogP contribution < -0.4 is 11.2 Å². The van der Waals surface area contributed by atoms with Crippen LogP contribution in [0.1, 0.15) is 19.3 Å². The number of nitrogens with one attached hydrogen (secondary N) is 1. The van der Waals surface area contributed by atoms with Crippen LogP contribution in [0.2, 0.25) is 0 Å². The van der Waals surface area contributed by atoms with Crippen molar-refractivity contribution < 1.29 is 4.84 Å². The fraction of sp³-hybridized carbons (Fsp3) is 1.00. The number of hydrogen-bond acceptors (Lipinski definition) is 3. The van der Waals surface area contributed by atoms with Crippen molar-refractivity contribution in [3.8, 4) is 0 Å².